The van der Waals surface area contributed by atoms with E-state index < -0.39 is 0 Å². The highest BCUT2D eigenvalue weighted by Gasteiger charge is 2.40. The average Bonchev–Trinajstić information content (AvgIpc) is 2.76. The fraction of sp³-hybridized carbons (Fsp3) is 0.385. The lowest BCUT2D eigenvalue weighted by Gasteiger charge is -2.39. The smallest absolute Gasteiger partial charge is 0.136 e. The van der Waals surface area contributed by atoms with Crippen molar-refractivity contribution < 1.29 is 0 Å². The number of rotatable bonds is 3. The molecule has 0 atom stereocenters. The summed E-state index contributed by atoms with van der Waals surface area (Å²) in [5, 5.41) is 2.07. The van der Waals surface area contributed by atoms with E-state index in [4.69, 9.17) is 10.7 Å². The lowest BCUT2D eigenvalue weighted by atomic mass is 9.68. The minimum absolute atomic E-state index is 0.0322. The Morgan fingerprint density at radius 3 is 2.83 bits per heavy atom. The van der Waals surface area contributed by atoms with Crippen molar-refractivity contribution in [1.29, 1.82) is 0 Å². The van der Waals surface area contributed by atoms with Crippen LogP contribution in [-0.4, -0.2) is 16.5 Å². The minimum atomic E-state index is 0.0322. The highest BCUT2D eigenvalue weighted by atomic mass is 79.9. The monoisotopic (exact) mass is 323 g/mol. The summed E-state index contributed by atoms with van der Waals surface area (Å²) < 4.78 is 1.10. The fourth-order valence-electron chi connectivity index (χ4n) is 2.32. The van der Waals surface area contributed by atoms with Crippen molar-refractivity contribution in [3.05, 3.63) is 34.0 Å². The second-order valence-electron chi connectivity index (χ2n) is 4.73. The molecule has 0 bridgehead atoms. The van der Waals surface area contributed by atoms with E-state index in [1.807, 2.05) is 12.3 Å². The first-order valence-electron chi connectivity index (χ1n) is 6.01. The van der Waals surface area contributed by atoms with Crippen LogP contribution in [0.15, 0.2) is 28.2 Å². The van der Waals surface area contributed by atoms with Gasteiger partial charge in [-0.25, -0.2) is 9.97 Å². The number of halogens is 1. The molecule has 0 amide bonds. The maximum absolute atomic E-state index is 5.91. The van der Waals surface area contributed by atoms with E-state index in [-0.39, 0.29) is 5.41 Å². The summed E-state index contributed by atoms with van der Waals surface area (Å²) in [4.78, 5) is 10.3. The molecular formula is C13H14BrN3S. The number of thiophene rings is 1. The van der Waals surface area contributed by atoms with Crippen LogP contribution in [0.4, 0.5) is 0 Å². The van der Waals surface area contributed by atoms with Gasteiger partial charge in [0.15, 0.2) is 0 Å². The van der Waals surface area contributed by atoms with Crippen LogP contribution >= 0.6 is 27.3 Å². The molecule has 0 unspecified atom stereocenters. The number of nitrogens with zero attached hydrogens (tertiary/aromatic N) is 2. The molecule has 3 nitrogen and oxygen atoms in total. The van der Waals surface area contributed by atoms with E-state index in [1.54, 1.807) is 11.3 Å². The molecule has 1 aliphatic carbocycles. The number of hydrogen-bond donors (Lipinski definition) is 1. The summed E-state index contributed by atoms with van der Waals surface area (Å²) in [6.07, 6.45) is 5.30. The molecule has 1 saturated carbocycles. The Kier molecular flexibility index (Phi) is 3.21. The van der Waals surface area contributed by atoms with Crippen LogP contribution in [-0.2, 0) is 5.41 Å². The molecule has 1 fully saturated rings. The Bertz CT molecular complexity index is 557. The predicted octanol–water partition coefficient (Wildman–Crippen LogP) is 3.35. The molecule has 2 aromatic rings. The van der Waals surface area contributed by atoms with Crippen LogP contribution < -0.4 is 5.73 Å². The molecule has 0 saturated heterocycles. The van der Waals surface area contributed by atoms with Gasteiger partial charge >= 0.3 is 0 Å². The van der Waals surface area contributed by atoms with Gasteiger partial charge in [-0.05, 0) is 40.9 Å². The Labute approximate surface area is 119 Å². The fourth-order valence-corrected chi connectivity index (χ4v) is 3.72. The summed E-state index contributed by atoms with van der Waals surface area (Å²) in [5.41, 5.74) is 6.94. The molecule has 0 radical (unpaired) electrons. The van der Waals surface area contributed by atoms with E-state index in [0.29, 0.717) is 6.54 Å². The average molecular weight is 324 g/mol. The largest absolute Gasteiger partial charge is 0.329 e. The van der Waals surface area contributed by atoms with Crippen LogP contribution in [0.2, 0.25) is 0 Å². The standard InChI is InChI=1S/C13H14BrN3S/c14-9-6-11(18-7-9)10-2-5-16-12(17-10)13(8-15)3-1-4-13/h2,5-7H,1,3-4,8,15H2. The third-order valence-corrected chi connectivity index (χ3v) is 5.36. The quantitative estimate of drug-likeness (QED) is 0.942. The number of hydrogen-bond acceptors (Lipinski definition) is 4. The van der Waals surface area contributed by atoms with Gasteiger partial charge < -0.3 is 5.73 Å². The zero-order valence-corrected chi connectivity index (χ0v) is 12.3. The molecule has 5 heteroatoms. The molecule has 2 N–H and O–H groups in total. The van der Waals surface area contributed by atoms with Crippen molar-refractivity contribution in [3.63, 3.8) is 0 Å². The van der Waals surface area contributed by atoms with Crippen molar-refractivity contribution in [1.82, 2.24) is 9.97 Å². The van der Waals surface area contributed by atoms with Crippen LogP contribution in [0.5, 0.6) is 0 Å². The van der Waals surface area contributed by atoms with Gasteiger partial charge in [-0.2, -0.15) is 0 Å². The molecule has 18 heavy (non-hydrogen) atoms. The normalized spacial score (nSPS) is 17.4. The molecule has 2 heterocycles. The van der Waals surface area contributed by atoms with Crippen molar-refractivity contribution in [3.8, 4) is 10.6 Å². The van der Waals surface area contributed by atoms with E-state index in [1.165, 1.54) is 6.42 Å². The third-order valence-electron chi connectivity index (χ3n) is 3.65. The van der Waals surface area contributed by atoms with E-state index >= 15 is 0 Å². The first kappa shape index (κ1) is 12.3. The number of aromatic nitrogens is 2. The van der Waals surface area contributed by atoms with Crippen molar-refractivity contribution >= 4 is 27.3 Å². The second kappa shape index (κ2) is 4.72. The van der Waals surface area contributed by atoms with Gasteiger partial charge in [0.1, 0.15) is 5.82 Å². The summed E-state index contributed by atoms with van der Waals surface area (Å²) >= 11 is 5.16. The third kappa shape index (κ3) is 2.00. The molecule has 2 aromatic heterocycles. The minimum Gasteiger partial charge on any atom is -0.329 e. The van der Waals surface area contributed by atoms with Gasteiger partial charge in [-0.3, -0.25) is 0 Å². The van der Waals surface area contributed by atoms with Crippen LogP contribution in [0.3, 0.4) is 0 Å². The van der Waals surface area contributed by atoms with Crippen LogP contribution in [0.1, 0.15) is 25.1 Å². The van der Waals surface area contributed by atoms with Crippen molar-refractivity contribution in [2.45, 2.75) is 24.7 Å². The Morgan fingerprint density at radius 1 is 1.44 bits per heavy atom. The summed E-state index contributed by atoms with van der Waals surface area (Å²) in [6.45, 7) is 0.643. The Hall–Kier alpha value is -0.780. The lowest BCUT2D eigenvalue weighted by molar-refractivity contribution is 0.238. The van der Waals surface area contributed by atoms with Crippen LogP contribution in [0.25, 0.3) is 10.6 Å². The second-order valence-corrected chi connectivity index (χ2v) is 6.56. The summed E-state index contributed by atoms with van der Waals surface area (Å²) in [5.74, 6) is 0.915. The molecule has 0 aromatic carbocycles. The first-order chi connectivity index (χ1) is 8.73. The zero-order valence-electron chi connectivity index (χ0n) is 9.90. The van der Waals surface area contributed by atoms with Crippen molar-refractivity contribution in [2.75, 3.05) is 6.54 Å². The predicted molar refractivity (Wildman–Crippen MR) is 77.6 cm³/mol. The highest BCUT2D eigenvalue weighted by molar-refractivity contribution is 9.10. The first-order valence-corrected chi connectivity index (χ1v) is 7.69. The van der Waals surface area contributed by atoms with Gasteiger partial charge in [-0.1, -0.05) is 6.42 Å². The van der Waals surface area contributed by atoms with Crippen LogP contribution in [0, 0.1) is 0 Å². The maximum Gasteiger partial charge on any atom is 0.136 e. The molecule has 1 aliphatic rings. The zero-order chi connectivity index (χ0) is 12.6. The van der Waals surface area contributed by atoms with Gasteiger partial charge in [0, 0.05) is 28.0 Å². The molecular weight excluding hydrogens is 310 g/mol. The topological polar surface area (TPSA) is 51.8 Å². The SMILES string of the molecule is NCC1(c2nccc(-c3cc(Br)cs3)n2)CCC1. The Morgan fingerprint density at radius 2 is 2.28 bits per heavy atom. The van der Waals surface area contributed by atoms with E-state index in [0.717, 1.165) is 33.7 Å². The lowest BCUT2D eigenvalue weighted by Crippen LogP contribution is -2.43. The Balaban J connectivity index is 1.99. The van der Waals surface area contributed by atoms with E-state index in [9.17, 15) is 0 Å². The van der Waals surface area contributed by atoms with Gasteiger partial charge in [0.25, 0.3) is 0 Å². The molecule has 3 rings (SSSR count). The summed E-state index contributed by atoms with van der Waals surface area (Å²) in [6, 6.07) is 4.05. The molecule has 94 valence electrons. The van der Waals surface area contributed by atoms with Gasteiger partial charge in [0.05, 0.1) is 10.6 Å². The van der Waals surface area contributed by atoms with Gasteiger partial charge in [0.2, 0.25) is 0 Å². The summed E-state index contributed by atoms with van der Waals surface area (Å²) in [7, 11) is 0. The van der Waals surface area contributed by atoms with Gasteiger partial charge in [-0.15, -0.1) is 11.3 Å². The highest BCUT2D eigenvalue weighted by Crippen LogP contribution is 2.41. The molecule has 0 aliphatic heterocycles. The molecule has 0 spiro atoms. The van der Waals surface area contributed by atoms with Crippen molar-refractivity contribution in [2.24, 2.45) is 5.73 Å². The maximum atomic E-state index is 5.91. The van der Waals surface area contributed by atoms with E-state index in [2.05, 4.69) is 32.4 Å². The number of nitrogens with two attached hydrogens (primary N) is 1.